The van der Waals surface area contributed by atoms with Gasteiger partial charge in [0.2, 0.25) is 5.95 Å². The number of anilines is 3. The number of nitrogens with one attached hydrogen (secondary N) is 1. The van der Waals surface area contributed by atoms with Gasteiger partial charge in [-0.2, -0.15) is 9.97 Å². The second kappa shape index (κ2) is 7.44. The lowest BCUT2D eigenvalue weighted by molar-refractivity contribution is 0.122. The van der Waals surface area contributed by atoms with E-state index >= 15 is 0 Å². The number of nitrogens with zero attached hydrogens (tertiary/aromatic N) is 4. The number of aromatic nitrogens is 3. The molecule has 1 saturated heterocycles. The molecule has 0 bridgehead atoms. The first-order chi connectivity index (χ1) is 11.6. The van der Waals surface area contributed by atoms with E-state index in [0.29, 0.717) is 24.9 Å². The number of morpholine rings is 1. The maximum absolute atomic E-state index is 5.92. The minimum absolute atomic E-state index is 0.0537. The predicted molar refractivity (Wildman–Crippen MR) is 94.9 cm³/mol. The lowest BCUT2D eigenvalue weighted by Gasteiger charge is -2.28. The first kappa shape index (κ1) is 16.4. The Kier molecular flexibility index (Phi) is 5.10. The predicted octanol–water partition coefficient (Wildman–Crippen LogP) is 2.10. The van der Waals surface area contributed by atoms with E-state index in [1.807, 2.05) is 24.3 Å². The van der Waals surface area contributed by atoms with Gasteiger partial charge in [0.25, 0.3) is 0 Å². The summed E-state index contributed by atoms with van der Waals surface area (Å²) >= 11 is 0. The Morgan fingerprint density at radius 2 is 2.00 bits per heavy atom. The second-order valence-corrected chi connectivity index (χ2v) is 6.19. The van der Waals surface area contributed by atoms with Gasteiger partial charge in [-0.05, 0) is 18.1 Å². The summed E-state index contributed by atoms with van der Waals surface area (Å²) in [6.45, 7) is 7.33. The maximum Gasteiger partial charge on any atom is 0.223 e. The Balaban J connectivity index is 1.84. The molecule has 3 N–H and O–H groups in total. The van der Waals surface area contributed by atoms with Crippen LogP contribution in [0.1, 0.15) is 25.6 Å². The van der Waals surface area contributed by atoms with Crippen molar-refractivity contribution in [2.45, 2.75) is 19.9 Å². The summed E-state index contributed by atoms with van der Waals surface area (Å²) in [4.78, 5) is 15.3. The lowest BCUT2D eigenvalue weighted by atomic mass is 10.0. The third kappa shape index (κ3) is 3.91. The highest BCUT2D eigenvalue weighted by atomic mass is 16.5. The first-order valence-corrected chi connectivity index (χ1v) is 8.28. The summed E-state index contributed by atoms with van der Waals surface area (Å²) in [5.41, 5.74) is 6.90. The van der Waals surface area contributed by atoms with Crippen molar-refractivity contribution in [1.82, 2.24) is 15.0 Å². The lowest BCUT2D eigenvalue weighted by Crippen LogP contribution is -2.37. The van der Waals surface area contributed by atoms with Crippen LogP contribution in [0.4, 0.5) is 17.6 Å². The van der Waals surface area contributed by atoms with Crippen LogP contribution in [0.25, 0.3) is 0 Å². The highest BCUT2D eigenvalue weighted by Gasteiger charge is 2.19. The van der Waals surface area contributed by atoms with E-state index in [2.05, 4.69) is 39.0 Å². The van der Waals surface area contributed by atoms with Gasteiger partial charge < -0.3 is 20.7 Å². The Labute approximate surface area is 142 Å². The molecule has 0 amide bonds. The van der Waals surface area contributed by atoms with Crippen molar-refractivity contribution in [1.29, 1.82) is 0 Å². The Bertz CT molecular complexity index is 657. The third-order valence-corrected chi connectivity index (χ3v) is 4.04. The molecule has 1 aliphatic heterocycles. The molecule has 0 saturated carbocycles. The van der Waals surface area contributed by atoms with Gasteiger partial charge in [-0.3, -0.25) is 4.98 Å². The molecule has 2 aromatic rings. The van der Waals surface area contributed by atoms with Crippen molar-refractivity contribution in [2.75, 3.05) is 42.3 Å². The minimum atomic E-state index is 0.0537. The van der Waals surface area contributed by atoms with Crippen LogP contribution < -0.4 is 16.0 Å². The molecule has 0 spiro atoms. The van der Waals surface area contributed by atoms with E-state index in [0.717, 1.165) is 24.6 Å². The standard InChI is InChI=1S/C17H24N6O/c1-12(2)16(13-5-3-4-6-19-13)20-14-11-15(22-17(18)21-14)23-7-9-24-10-8-23/h3-6,11-12,16H,7-10H2,1-2H3,(H3,18,20,21,22)/t16-/m1/s1. The van der Waals surface area contributed by atoms with Gasteiger partial charge >= 0.3 is 0 Å². The molecule has 7 nitrogen and oxygen atoms in total. The number of hydrogen-bond acceptors (Lipinski definition) is 7. The zero-order valence-electron chi connectivity index (χ0n) is 14.1. The first-order valence-electron chi connectivity index (χ1n) is 8.28. The Morgan fingerprint density at radius 3 is 2.67 bits per heavy atom. The molecule has 2 aromatic heterocycles. The van der Waals surface area contributed by atoms with E-state index in [1.165, 1.54) is 0 Å². The van der Waals surface area contributed by atoms with Gasteiger partial charge in [0.1, 0.15) is 11.6 Å². The number of pyridine rings is 1. The normalized spacial score (nSPS) is 16.2. The molecular formula is C17H24N6O. The molecule has 24 heavy (non-hydrogen) atoms. The van der Waals surface area contributed by atoms with Crippen LogP contribution in [0.2, 0.25) is 0 Å². The van der Waals surface area contributed by atoms with Crippen molar-refractivity contribution in [3.63, 3.8) is 0 Å². The van der Waals surface area contributed by atoms with Crippen LogP contribution in [-0.2, 0) is 4.74 Å². The van der Waals surface area contributed by atoms with Gasteiger partial charge in [0.05, 0.1) is 24.9 Å². The molecule has 128 valence electrons. The van der Waals surface area contributed by atoms with Crippen molar-refractivity contribution in [2.24, 2.45) is 5.92 Å². The van der Waals surface area contributed by atoms with E-state index in [1.54, 1.807) is 6.20 Å². The second-order valence-electron chi connectivity index (χ2n) is 6.19. The molecule has 0 radical (unpaired) electrons. The van der Waals surface area contributed by atoms with Gasteiger partial charge in [0.15, 0.2) is 0 Å². The van der Waals surface area contributed by atoms with E-state index in [9.17, 15) is 0 Å². The van der Waals surface area contributed by atoms with E-state index < -0.39 is 0 Å². The van der Waals surface area contributed by atoms with Gasteiger partial charge in [0, 0.05) is 25.4 Å². The molecule has 1 atom stereocenters. The summed E-state index contributed by atoms with van der Waals surface area (Å²) < 4.78 is 5.40. The number of nitrogen functional groups attached to an aromatic ring is 1. The average molecular weight is 328 g/mol. The highest BCUT2D eigenvalue weighted by Crippen LogP contribution is 2.26. The summed E-state index contributed by atoms with van der Waals surface area (Å²) in [6, 6.07) is 7.93. The van der Waals surface area contributed by atoms with Crippen molar-refractivity contribution in [3.8, 4) is 0 Å². The summed E-state index contributed by atoms with van der Waals surface area (Å²) in [5, 5.41) is 3.46. The molecule has 0 aromatic carbocycles. The fourth-order valence-electron chi connectivity index (χ4n) is 2.78. The molecule has 3 rings (SSSR count). The quantitative estimate of drug-likeness (QED) is 0.868. The monoisotopic (exact) mass is 328 g/mol. The minimum Gasteiger partial charge on any atom is -0.378 e. The largest absolute Gasteiger partial charge is 0.378 e. The van der Waals surface area contributed by atoms with E-state index in [-0.39, 0.29) is 12.0 Å². The molecule has 1 fully saturated rings. The van der Waals surface area contributed by atoms with Crippen LogP contribution in [0.5, 0.6) is 0 Å². The highest BCUT2D eigenvalue weighted by molar-refractivity contribution is 5.53. The Morgan fingerprint density at radius 1 is 1.21 bits per heavy atom. The zero-order chi connectivity index (χ0) is 16.9. The molecule has 3 heterocycles. The number of nitrogens with two attached hydrogens (primary N) is 1. The van der Waals surface area contributed by atoms with Crippen LogP contribution in [-0.4, -0.2) is 41.3 Å². The number of ether oxygens (including phenoxy) is 1. The summed E-state index contributed by atoms with van der Waals surface area (Å²) in [5.74, 6) is 2.16. The molecule has 0 unspecified atom stereocenters. The van der Waals surface area contributed by atoms with Crippen molar-refractivity contribution in [3.05, 3.63) is 36.2 Å². The molecule has 7 heteroatoms. The van der Waals surface area contributed by atoms with Gasteiger partial charge in [-0.25, -0.2) is 0 Å². The SMILES string of the molecule is CC(C)[C@@H](Nc1cc(N2CCOCC2)nc(N)n1)c1ccccn1. The fraction of sp³-hybridized carbons (Fsp3) is 0.471. The van der Waals surface area contributed by atoms with Gasteiger partial charge in [-0.15, -0.1) is 0 Å². The van der Waals surface area contributed by atoms with Gasteiger partial charge in [-0.1, -0.05) is 19.9 Å². The smallest absolute Gasteiger partial charge is 0.223 e. The topological polar surface area (TPSA) is 89.2 Å². The number of hydrogen-bond donors (Lipinski definition) is 2. The van der Waals surface area contributed by atoms with Crippen molar-refractivity contribution >= 4 is 17.6 Å². The Hall–Kier alpha value is -2.41. The van der Waals surface area contributed by atoms with E-state index in [4.69, 9.17) is 10.5 Å². The maximum atomic E-state index is 5.92. The molecular weight excluding hydrogens is 304 g/mol. The van der Waals surface area contributed by atoms with Crippen LogP contribution in [0.3, 0.4) is 0 Å². The number of rotatable bonds is 5. The van der Waals surface area contributed by atoms with Crippen LogP contribution >= 0.6 is 0 Å². The average Bonchev–Trinajstić information content (AvgIpc) is 2.60. The summed E-state index contributed by atoms with van der Waals surface area (Å²) in [6.07, 6.45) is 1.81. The molecule has 1 aliphatic rings. The summed E-state index contributed by atoms with van der Waals surface area (Å²) in [7, 11) is 0. The third-order valence-electron chi connectivity index (χ3n) is 4.04. The fourth-order valence-corrected chi connectivity index (χ4v) is 2.78. The van der Waals surface area contributed by atoms with Crippen LogP contribution in [0.15, 0.2) is 30.5 Å². The molecule has 0 aliphatic carbocycles. The van der Waals surface area contributed by atoms with Crippen molar-refractivity contribution < 1.29 is 4.74 Å². The van der Waals surface area contributed by atoms with Crippen LogP contribution in [0, 0.1) is 5.92 Å². The zero-order valence-corrected chi connectivity index (χ0v) is 14.1.